The van der Waals surface area contributed by atoms with E-state index < -0.39 is 9.84 Å². The molecule has 0 aliphatic carbocycles. The molecule has 7 heteroatoms. The number of benzene rings is 1. The van der Waals surface area contributed by atoms with E-state index in [1.54, 1.807) is 24.5 Å². The van der Waals surface area contributed by atoms with E-state index in [0.717, 1.165) is 11.8 Å². The van der Waals surface area contributed by atoms with Gasteiger partial charge in [0.05, 0.1) is 0 Å². The predicted octanol–water partition coefficient (Wildman–Crippen LogP) is 1.73. The van der Waals surface area contributed by atoms with Gasteiger partial charge >= 0.3 is 0 Å². The number of aromatic nitrogens is 4. The van der Waals surface area contributed by atoms with Crippen LogP contribution in [0.3, 0.4) is 0 Å². The summed E-state index contributed by atoms with van der Waals surface area (Å²) in [7, 11) is -3.50. The lowest BCUT2D eigenvalue weighted by Gasteiger charge is -2.09. The third-order valence-corrected chi connectivity index (χ3v) is 3.85. The van der Waals surface area contributed by atoms with Crippen LogP contribution >= 0.6 is 0 Å². The summed E-state index contributed by atoms with van der Waals surface area (Å²) in [5.74, 6) is 0.462. The van der Waals surface area contributed by atoms with E-state index in [0.29, 0.717) is 11.5 Å². The van der Waals surface area contributed by atoms with E-state index in [1.165, 1.54) is 4.57 Å². The van der Waals surface area contributed by atoms with Gasteiger partial charge in [-0.3, -0.25) is 9.55 Å². The Morgan fingerprint density at radius 1 is 0.952 bits per heavy atom. The molecule has 0 radical (unpaired) electrons. The molecule has 0 N–H and O–H groups in total. The minimum Gasteiger partial charge on any atom is -0.266 e. The Morgan fingerprint density at radius 3 is 2.24 bits per heavy atom. The van der Waals surface area contributed by atoms with Gasteiger partial charge in [0, 0.05) is 29.9 Å². The summed E-state index contributed by atoms with van der Waals surface area (Å²) in [5, 5.41) is 7.80. The van der Waals surface area contributed by atoms with Crippen LogP contribution in [0.5, 0.6) is 0 Å². The summed E-state index contributed by atoms with van der Waals surface area (Å²) in [6.45, 7) is 0. The van der Waals surface area contributed by atoms with Crippen LogP contribution in [0.1, 0.15) is 0 Å². The van der Waals surface area contributed by atoms with Gasteiger partial charge in [-0.05, 0) is 24.3 Å². The van der Waals surface area contributed by atoms with Gasteiger partial charge < -0.3 is 0 Å². The molecule has 0 atom stereocenters. The lowest BCUT2D eigenvalue weighted by molar-refractivity contribution is 0.589. The number of para-hydroxylation sites is 1. The second-order valence-electron chi connectivity index (χ2n) is 4.49. The SMILES string of the molecule is CS(=O)(=O)c1nnc(-c2ccncc2)n1-c1ccccc1. The maximum atomic E-state index is 11.9. The van der Waals surface area contributed by atoms with Crippen molar-refractivity contribution >= 4 is 9.84 Å². The smallest absolute Gasteiger partial charge is 0.254 e. The molecule has 0 amide bonds. The van der Waals surface area contributed by atoms with Crippen molar-refractivity contribution in [3.8, 4) is 17.1 Å². The average Bonchev–Trinajstić information content (AvgIpc) is 2.94. The molecule has 2 heterocycles. The van der Waals surface area contributed by atoms with Gasteiger partial charge in [0.15, 0.2) is 5.82 Å². The fourth-order valence-electron chi connectivity index (χ4n) is 2.01. The lowest BCUT2D eigenvalue weighted by atomic mass is 10.2. The molecule has 2 aromatic heterocycles. The number of sulfone groups is 1. The van der Waals surface area contributed by atoms with Crippen LogP contribution in [0.25, 0.3) is 17.1 Å². The Bertz CT molecular complexity index is 859. The topological polar surface area (TPSA) is 77.7 Å². The maximum absolute atomic E-state index is 11.9. The normalized spacial score (nSPS) is 11.5. The van der Waals surface area contributed by atoms with Crippen LogP contribution in [0, 0.1) is 0 Å². The van der Waals surface area contributed by atoms with E-state index in [1.807, 2.05) is 30.3 Å². The molecule has 3 rings (SSSR count). The van der Waals surface area contributed by atoms with Crippen LogP contribution in [0.15, 0.2) is 60.0 Å². The van der Waals surface area contributed by atoms with Crippen molar-refractivity contribution in [2.24, 2.45) is 0 Å². The first kappa shape index (κ1) is 13.4. The number of hydrogen-bond acceptors (Lipinski definition) is 5. The van der Waals surface area contributed by atoms with E-state index in [-0.39, 0.29) is 5.16 Å². The summed E-state index contributed by atoms with van der Waals surface area (Å²) in [6.07, 6.45) is 4.37. The van der Waals surface area contributed by atoms with Gasteiger partial charge in [-0.1, -0.05) is 18.2 Å². The first-order chi connectivity index (χ1) is 10.1. The molecule has 0 unspecified atom stereocenters. The highest BCUT2D eigenvalue weighted by Gasteiger charge is 2.22. The third kappa shape index (κ3) is 2.55. The molecule has 0 fully saturated rings. The fourth-order valence-corrected chi connectivity index (χ4v) is 2.72. The monoisotopic (exact) mass is 300 g/mol. The minimum absolute atomic E-state index is 0.0829. The highest BCUT2D eigenvalue weighted by Crippen LogP contribution is 2.24. The van der Waals surface area contributed by atoms with Crippen molar-refractivity contribution in [3.05, 3.63) is 54.9 Å². The lowest BCUT2D eigenvalue weighted by Crippen LogP contribution is -2.08. The molecule has 106 valence electrons. The Morgan fingerprint density at radius 2 is 1.62 bits per heavy atom. The summed E-state index contributed by atoms with van der Waals surface area (Å²) >= 11 is 0. The Balaban J connectivity index is 2.31. The van der Waals surface area contributed by atoms with E-state index in [9.17, 15) is 8.42 Å². The molecule has 1 aromatic carbocycles. The van der Waals surface area contributed by atoms with Gasteiger partial charge in [-0.2, -0.15) is 0 Å². The number of nitrogens with zero attached hydrogens (tertiary/aromatic N) is 4. The summed E-state index contributed by atoms with van der Waals surface area (Å²) in [4.78, 5) is 3.95. The molecule has 0 aliphatic rings. The zero-order chi connectivity index (χ0) is 14.9. The Hall–Kier alpha value is -2.54. The fraction of sp³-hybridized carbons (Fsp3) is 0.0714. The quantitative estimate of drug-likeness (QED) is 0.736. The molecular weight excluding hydrogens is 288 g/mol. The van der Waals surface area contributed by atoms with Gasteiger partial charge in [0.1, 0.15) is 0 Å². The first-order valence-electron chi connectivity index (χ1n) is 6.18. The molecular formula is C14H12N4O2S. The molecule has 0 aliphatic heterocycles. The van der Waals surface area contributed by atoms with Gasteiger partial charge in [0.2, 0.25) is 9.84 Å². The molecule has 0 saturated heterocycles. The second-order valence-corrected chi connectivity index (χ2v) is 6.39. The highest BCUT2D eigenvalue weighted by molar-refractivity contribution is 7.90. The van der Waals surface area contributed by atoms with Crippen LogP contribution in [0.4, 0.5) is 0 Å². The molecule has 0 spiro atoms. The largest absolute Gasteiger partial charge is 0.266 e. The zero-order valence-corrected chi connectivity index (χ0v) is 12.0. The van der Waals surface area contributed by atoms with Crippen LogP contribution in [-0.2, 0) is 9.84 Å². The van der Waals surface area contributed by atoms with Crippen molar-refractivity contribution in [2.45, 2.75) is 5.16 Å². The Kier molecular flexibility index (Phi) is 3.26. The third-order valence-electron chi connectivity index (χ3n) is 2.92. The summed E-state index contributed by atoms with van der Waals surface area (Å²) < 4.78 is 25.4. The van der Waals surface area contributed by atoms with Crippen molar-refractivity contribution in [1.82, 2.24) is 19.7 Å². The van der Waals surface area contributed by atoms with Crippen molar-refractivity contribution in [2.75, 3.05) is 6.26 Å². The molecule has 0 saturated carbocycles. The zero-order valence-electron chi connectivity index (χ0n) is 11.2. The van der Waals surface area contributed by atoms with E-state index >= 15 is 0 Å². The number of pyridine rings is 1. The Labute approximate surface area is 122 Å². The minimum atomic E-state index is -3.50. The average molecular weight is 300 g/mol. The maximum Gasteiger partial charge on any atom is 0.254 e. The summed E-state index contributed by atoms with van der Waals surface area (Å²) in [5.41, 5.74) is 1.44. The highest BCUT2D eigenvalue weighted by atomic mass is 32.2. The van der Waals surface area contributed by atoms with Crippen molar-refractivity contribution in [1.29, 1.82) is 0 Å². The van der Waals surface area contributed by atoms with Gasteiger partial charge in [-0.15, -0.1) is 10.2 Å². The molecule has 0 bridgehead atoms. The number of hydrogen-bond donors (Lipinski definition) is 0. The molecule has 6 nitrogen and oxygen atoms in total. The predicted molar refractivity (Wildman–Crippen MR) is 77.7 cm³/mol. The van der Waals surface area contributed by atoms with Gasteiger partial charge in [0.25, 0.3) is 5.16 Å². The van der Waals surface area contributed by atoms with Crippen LogP contribution in [0.2, 0.25) is 0 Å². The first-order valence-corrected chi connectivity index (χ1v) is 8.08. The van der Waals surface area contributed by atoms with Crippen molar-refractivity contribution in [3.63, 3.8) is 0 Å². The van der Waals surface area contributed by atoms with Crippen LogP contribution < -0.4 is 0 Å². The summed E-state index contributed by atoms with van der Waals surface area (Å²) in [6, 6.07) is 12.7. The molecule has 21 heavy (non-hydrogen) atoms. The van der Waals surface area contributed by atoms with E-state index in [2.05, 4.69) is 15.2 Å². The number of rotatable bonds is 3. The molecule has 3 aromatic rings. The van der Waals surface area contributed by atoms with Crippen LogP contribution in [-0.4, -0.2) is 34.4 Å². The van der Waals surface area contributed by atoms with Gasteiger partial charge in [-0.25, -0.2) is 8.42 Å². The van der Waals surface area contributed by atoms with Crippen molar-refractivity contribution < 1.29 is 8.42 Å². The second kappa shape index (κ2) is 5.10. The standard InChI is InChI=1S/C14H12N4O2S/c1-21(19,20)14-17-16-13(11-7-9-15-10-8-11)18(14)12-5-3-2-4-6-12/h2-10H,1H3. The van der Waals surface area contributed by atoms with E-state index in [4.69, 9.17) is 0 Å².